The summed E-state index contributed by atoms with van der Waals surface area (Å²) < 4.78 is 6.88. The molecule has 126 valence electrons. The second kappa shape index (κ2) is 8.67. The number of benzene rings is 3. The van der Waals surface area contributed by atoms with Crippen LogP contribution in [0.3, 0.4) is 0 Å². The molecule has 0 fully saturated rings. The molecule has 3 rings (SSSR count). The molecule has 0 atom stereocenters. The summed E-state index contributed by atoms with van der Waals surface area (Å²) in [7, 11) is 0. The Morgan fingerprint density at radius 2 is 1.56 bits per heavy atom. The number of amides is 1. The summed E-state index contributed by atoms with van der Waals surface area (Å²) in [4.78, 5) is 12.3. The lowest BCUT2D eigenvalue weighted by Crippen LogP contribution is -2.11. The SMILES string of the molecule is O=C(Nc1ccc(I)cc1)c1ccc(OCCc2ccccc2)cc1. The van der Waals surface area contributed by atoms with E-state index in [1.54, 1.807) is 12.1 Å². The fourth-order valence-electron chi connectivity index (χ4n) is 2.37. The Morgan fingerprint density at radius 1 is 0.880 bits per heavy atom. The Kier molecular flexibility index (Phi) is 6.06. The Morgan fingerprint density at radius 3 is 2.24 bits per heavy atom. The third-order valence-corrected chi connectivity index (χ3v) is 4.44. The summed E-state index contributed by atoms with van der Waals surface area (Å²) in [6.45, 7) is 0.609. The van der Waals surface area contributed by atoms with Crippen molar-refractivity contribution >= 4 is 34.2 Å². The molecule has 0 aliphatic carbocycles. The lowest BCUT2D eigenvalue weighted by Gasteiger charge is -2.08. The molecule has 0 radical (unpaired) electrons. The molecule has 3 aromatic carbocycles. The van der Waals surface area contributed by atoms with E-state index in [1.165, 1.54) is 5.56 Å². The highest BCUT2D eigenvalue weighted by Gasteiger charge is 2.06. The highest BCUT2D eigenvalue weighted by molar-refractivity contribution is 14.1. The van der Waals surface area contributed by atoms with Crippen molar-refractivity contribution in [3.63, 3.8) is 0 Å². The third kappa shape index (κ3) is 5.32. The van der Waals surface area contributed by atoms with Crippen LogP contribution in [0.2, 0.25) is 0 Å². The molecule has 1 N–H and O–H groups in total. The van der Waals surface area contributed by atoms with Crippen LogP contribution in [0, 0.1) is 3.57 Å². The van der Waals surface area contributed by atoms with Crippen molar-refractivity contribution in [2.45, 2.75) is 6.42 Å². The highest BCUT2D eigenvalue weighted by atomic mass is 127. The fraction of sp³-hybridized carbons (Fsp3) is 0.0952. The molecule has 0 bridgehead atoms. The van der Waals surface area contributed by atoms with Gasteiger partial charge in [0.25, 0.3) is 5.91 Å². The summed E-state index contributed by atoms with van der Waals surface area (Å²) in [5.74, 6) is 0.638. The summed E-state index contributed by atoms with van der Waals surface area (Å²) in [5, 5.41) is 2.89. The minimum absolute atomic E-state index is 0.128. The Labute approximate surface area is 161 Å². The van der Waals surface area contributed by atoms with E-state index < -0.39 is 0 Å². The molecule has 25 heavy (non-hydrogen) atoms. The van der Waals surface area contributed by atoms with E-state index in [1.807, 2.05) is 54.6 Å². The zero-order valence-electron chi connectivity index (χ0n) is 13.6. The van der Waals surface area contributed by atoms with Gasteiger partial charge < -0.3 is 10.1 Å². The van der Waals surface area contributed by atoms with Crippen molar-refractivity contribution in [1.82, 2.24) is 0 Å². The predicted octanol–water partition coefficient (Wildman–Crippen LogP) is 5.17. The largest absolute Gasteiger partial charge is 0.493 e. The molecule has 0 saturated heterocycles. The lowest BCUT2D eigenvalue weighted by atomic mass is 10.2. The topological polar surface area (TPSA) is 38.3 Å². The van der Waals surface area contributed by atoms with Crippen LogP contribution in [0.15, 0.2) is 78.9 Å². The van der Waals surface area contributed by atoms with E-state index in [0.29, 0.717) is 12.2 Å². The number of ether oxygens (including phenoxy) is 1. The Bertz CT molecular complexity index is 815. The summed E-state index contributed by atoms with van der Waals surface area (Å²) in [5.41, 5.74) is 2.64. The molecule has 3 aromatic rings. The van der Waals surface area contributed by atoms with Gasteiger partial charge in [-0.05, 0) is 76.7 Å². The maximum atomic E-state index is 12.3. The number of carbonyl (C=O) groups excluding carboxylic acids is 1. The predicted molar refractivity (Wildman–Crippen MR) is 109 cm³/mol. The molecular weight excluding hydrogens is 425 g/mol. The molecule has 4 heteroatoms. The minimum atomic E-state index is -0.128. The van der Waals surface area contributed by atoms with Gasteiger partial charge in [0.15, 0.2) is 0 Å². The Hall–Kier alpha value is -2.34. The number of hydrogen-bond donors (Lipinski definition) is 1. The summed E-state index contributed by atoms with van der Waals surface area (Å²) in [6, 6.07) is 25.1. The number of nitrogens with one attached hydrogen (secondary N) is 1. The normalized spacial score (nSPS) is 10.3. The third-order valence-electron chi connectivity index (χ3n) is 3.72. The van der Waals surface area contributed by atoms with Crippen LogP contribution in [0.4, 0.5) is 5.69 Å². The molecule has 0 heterocycles. The number of carbonyl (C=O) groups is 1. The van der Waals surface area contributed by atoms with Gasteiger partial charge >= 0.3 is 0 Å². The zero-order chi connectivity index (χ0) is 17.5. The average Bonchev–Trinajstić information content (AvgIpc) is 2.65. The van der Waals surface area contributed by atoms with E-state index >= 15 is 0 Å². The van der Waals surface area contributed by atoms with Crippen LogP contribution in [0.5, 0.6) is 5.75 Å². The first kappa shape index (κ1) is 17.5. The second-order valence-electron chi connectivity index (χ2n) is 5.57. The van der Waals surface area contributed by atoms with Gasteiger partial charge in [-0.2, -0.15) is 0 Å². The molecular formula is C21H18INO2. The van der Waals surface area contributed by atoms with Crippen LogP contribution in [-0.2, 0) is 6.42 Å². The van der Waals surface area contributed by atoms with Gasteiger partial charge in [-0.3, -0.25) is 4.79 Å². The fourth-order valence-corrected chi connectivity index (χ4v) is 2.73. The first-order valence-corrected chi connectivity index (χ1v) is 9.12. The van der Waals surface area contributed by atoms with Crippen molar-refractivity contribution < 1.29 is 9.53 Å². The standard InChI is InChI=1S/C21H18INO2/c22-18-8-10-19(11-9-18)23-21(24)17-6-12-20(13-7-17)25-15-14-16-4-2-1-3-5-16/h1-13H,14-15H2,(H,23,24). The zero-order valence-corrected chi connectivity index (χ0v) is 15.8. The Balaban J connectivity index is 1.52. The van der Waals surface area contributed by atoms with E-state index in [4.69, 9.17) is 4.74 Å². The van der Waals surface area contributed by atoms with Crippen LogP contribution in [-0.4, -0.2) is 12.5 Å². The number of hydrogen-bond acceptors (Lipinski definition) is 2. The second-order valence-corrected chi connectivity index (χ2v) is 6.82. The quantitative estimate of drug-likeness (QED) is 0.535. The first-order chi connectivity index (χ1) is 12.2. The van der Waals surface area contributed by atoms with Crippen LogP contribution in [0.25, 0.3) is 0 Å². The van der Waals surface area contributed by atoms with Crippen LogP contribution < -0.4 is 10.1 Å². The number of rotatable bonds is 6. The molecule has 1 amide bonds. The van der Waals surface area contributed by atoms with Gasteiger partial charge in [0.1, 0.15) is 5.75 Å². The van der Waals surface area contributed by atoms with E-state index in [-0.39, 0.29) is 5.91 Å². The van der Waals surface area contributed by atoms with E-state index in [0.717, 1.165) is 21.4 Å². The van der Waals surface area contributed by atoms with Crippen molar-refractivity contribution in [3.05, 3.63) is 93.6 Å². The molecule has 0 saturated carbocycles. The van der Waals surface area contributed by atoms with E-state index in [9.17, 15) is 4.79 Å². The maximum absolute atomic E-state index is 12.3. The average molecular weight is 443 g/mol. The summed E-state index contributed by atoms with van der Waals surface area (Å²) >= 11 is 2.23. The molecule has 0 aromatic heterocycles. The molecule has 0 spiro atoms. The van der Waals surface area contributed by atoms with Crippen LogP contribution in [0.1, 0.15) is 15.9 Å². The minimum Gasteiger partial charge on any atom is -0.493 e. The molecule has 0 aliphatic heterocycles. The van der Waals surface area contributed by atoms with Crippen molar-refractivity contribution in [2.24, 2.45) is 0 Å². The van der Waals surface area contributed by atoms with Gasteiger partial charge in [-0.15, -0.1) is 0 Å². The molecule has 0 unspecified atom stereocenters. The van der Waals surface area contributed by atoms with Crippen molar-refractivity contribution in [3.8, 4) is 5.75 Å². The maximum Gasteiger partial charge on any atom is 0.255 e. The first-order valence-electron chi connectivity index (χ1n) is 8.04. The molecule has 0 aliphatic rings. The van der Waals surface area contributed by atoms with Gasteiger partial charge in [0, 0.05) is 21.2 Å². The number of anilines is 1. The van der Waals surface area contributed by atoms with Gasteiger partial charge in [-0.25, -0.2) is 0 Å². The van der Waals surface area contributed by atoms with Gasteiger partial charge in [0.2, 0.25) is 0 Å². The highest BCUT2D eigenvalue weighted by Crippen LogP contribution is 2.16. The summed E-state index contributed by atoms with van der Waals surface area (Å²) in [6.07, 6.45) is 0.857. The van der Waals surface area contributed by atoms with Crippen molar-refractivity contribution in [1.29, 1.82) is 0 Å². The van der Waals surface area contributed by atoms with Gasteiger partial charge in [0.05, 0.1) is 6.61 Å². The smallest absolute Gasteiger partial charge is 0.255 e. The lowest BCUT2D eigenvalue weighted by molar-refractivity contribution is 0.102. The van der Waals surface area contributed by atoms with Gasteiger partial charge in [-0.1, -0.05) is 30.3 Å². The monoisotopic (exact) mass is 443 g/mol. The van der Waals surface area contributed by atoms with Crippen molar-refractivity contribution in [2.75, 3.05) is 11.9 Å². The number of halogens is 1. The van der Waals surface area contributed by atoms with Crippen LogP contribution >= 0.6 is 22.6 Å². The molecule has 3 nitrogen and oxygen atoms in total. The van der Waals surface area contributed by atoms with E-state index in [2.05, 4.69) is 40.0 Å².